The van der Waals surface area contributed by atoms with Gasteiger partial charge in [0, 0.05) is 54.9 Å². The number of aromatic amines is 1. The minimum atomic E-state index is -1.09. The zero-order valence-corrected chi connectivity index (χ0v) is 23.8. The lowest BCUT2D eigenvalue weighted by atomic mass is 9.92. The monoisotopic (exact) mass is 589 g/mol. The van der Waals surface area contributed by atoms with Gasteiger partial charge in [-0.05, 0) is 36.4 Å². The van der Waals surface area contributed by atoms with Gasteiger partial charge in [0.15, 0.2) is 17.3 Å². The van der Waals surface area contributed by atoms with E-state index in [2.05, 4.69) is 14.8 Å². The molecule has 2 aliphatic heterocycles. The first-order chi connectivity index (χ1) is 20.8. The summed E-state index contributed by atoms with van der Waals surface area (Å²) in [6, 6.07) is 14.1. The Balaban J connectivity index is 1.28. The van der Waals surface area contributed by atoms with Crippen molar-refractivity contribution in [1.82, 2.24) is 9.88 Å². The van der Waals surface area contributed by atoms with Crippen LogP contribution in [0.1, 0.15) is 29.4 Å². The predicted molar refractivity (Wildman–Crippen MR) is 156 cm³/mol. The Kier molecular flexibility index (Phi) is 7.68. The van der Waals surface area contributed by atoms with E-state index in [1.54, 1.807) is 25.3 Å². The van der Waals surface area contributed by atoms with E-state index in [0.717, 1.165) is 24.5 Å². The molecule has 0 radical (unpaired) electrons. The number of esters is 1. The van der Waals surface area contributed by atoms with Crippen molar-refractivity contribution in [2.45, 2.75) is 18.9 Å². The van der Waals surface area contributed by atoms with Gasteiger partial charge in [0.05, 0.1) is 38.6 Å². The maximum Gasteiger partial charge on any atom is 0.306 e. The normalized spacial score (nSPS) is 15.4. The second-order valence-corrected chi connectivity index (χ2v) is 10.4. The highest BCUT2D eigenvalue weighted by Crippen LogP contribution is 2.37. The molecule has 0 amide bonds. The molecule has 0 aliphatic carbocycles. The standard InChI is InChI=1S/C31H31N3O9/c1-39-20-5-3-19(4-6-20)34-9-7-33(8-10-34)16-21-13-25(35)29(37)30(43-21)22(14-28(36)40-2)23-11-18-12-26-27(42-17-41-26)15-24(18)32-31(23)38/h3-6,11-13,15,22,37H,7-10,14,16-17H2,1-2H3,(H,32,38)/t22-/m0/s1. The molecule has 43 heavy (non-hydrogen) atoms. The molecular weight excluding hydrogens is 558 g/mol. The lowest BCUT2D eigenvalue weighted by molar-refractivity contribution is -0.140. The Morgan fingerprint density at radius 3 is 2.42 bits per heavy atom. The van der Waals surface area contributed by atoms with Gasteiger partial charge in [-0.2, -0.15) is 0 Å². The van der Waals surface area contributed by atoms with E-state index in [9.17, 15) is 19.5 Å². The number of rotatable bonds is 8. The summed E-state index contributed by atoms with van der Waals surface area (Å²) >= 11 is 0. The molecule has 224 valence electrons. The van der Waals surface area contributed by atoms with Crippen molar-refractivity contribution in [2.75, 3.05) is 52.1 Å². The third kappa shape index (κ3) is 5.73. The van der Waals surface area contributed by atoms with Gasteiger partial charge in [-0.3, -0.25) is 19.3 Å². The summed E-state index contributed by atoms with van der Waals surface area (Å²) in [6.07, 6.45) is -0.337. The summed E-state index contributed by atoms with van der Waals surface area (Å²) in [6.45, 7) is 3.31. The van der Waals surface area contributed by atoms with Crippen LogP contribution in [0.5, 0.6) is 23.0 Å². The minimum Gasteiger partial charge on any atom is -0.502 e. The SMILES string of the molecule is COC(=O)C[C@H](c1oc(CN2CCN(c3ccc(OC)cc3)CC2)cc(=O)c1O)c1cc2cc3c(cc2[nH]c1=O)OCO3. The van der Waals surface area contributed by atoms with E-state index < -0.39 is 28.6 Å². The van der Waals surface area contributed by atoms with Gasteiger partial charge in [-0.1, -0.05) is 0 Å². The Labute approximate surface area is 246 Å². The molecule has 2 aromatic heterocycles. The smallest absolute Gasteiger partial charge is 0.306 e. The number of piperazine rings is 1. The molecule has 2 aliphatic rings. The first-order valence-electron chi connectivity index (χ1n) is 13.8. The first-order valence-corrected chi connectivity index (χ1v) is 13.8. The van der Waals surface area contributed by atoms with Gasteiger partial charge in [0.1, 0.15) is 11.5 Å². The molecule has 4 heterocycles. The minimum absolute atomic E-state index is 0.0655. The highest BCUT2D eigenvalue weighted by Gasteiger charge is 2.30. The number of ether oxygens (including phenoxy) is 4. The van der Waals surface area contributed by atoms with Gasteiger partial charge in [-0.15, -0.1) is 0 Å². The fourth-order valence-electron chi connectivity index (χ4n) is 5.51. The number of nitrogens with zero attached hydrogens (tertiary/aromatic N) is 2. The number of carbonyl (C=O) groups is 1. The third-order valence-corrected chi connectivity index (χ3v) is 7.85. The average molecular weight is 590 g/mol. The predicted octanol–water partition coefficient (Wildman–Crippen LogP) is 2.94. The molecule has 1 atom stereocenters. The van der Waals surface area contributed by atoms with E-state index in [4.69, 9.17) is 23.4 Å². The van der Waals surface area contributed by atoms with E-state index in [1.807, 2.05) is 24.3 Å². The van der Waals surface area contributed by atoms with Crippen LogP contribution in [0.4, 0.5) is 5.69 Å². The number of nitrogens with one attached hydrogen (secondary N) is 1. The van der Waals surface area contributed by atoms with Crippen LogP contribution in [-0.2, 0) is 16.1 Å². The molecular formula is C31H31N3O9. The van der Waals surface area contributed by atoms with Crippen LogP contribution in [0.25, 0.3) is 10.9 Å². The Hall–Kier alpha value is -4.97. The number of aromatic hydroxyl groups is 1. The van der Waals surface area contributed by atoms with Crippen molar-refractivity contribution in [3.8, 4) is 23.0 Å². The number of aromatic nitrogens is 1. The van der Waals surface area contributed by atoms with Gasteiger partial charge in [0.25, 0.3) is 5.56 Å². The van der Waals surface area contributed by atoms with Gasteiger partial charge >= 0.3 is 5.97 Å². The Bertz CT molecular complexity index is 1770. The van der Waals surface area contributed by atoms with Crippen LogP contribution in [0.3, 0.4) is 0 Å². The number of methoxy groups -OCH3 is 2. The van der Waals surface area contributed by atoms with Crippen molar-refractivity contribution in [3.05, 3.63) is 86.2 Å². The fourth-order valence-corrected chi connectivity index (χ4v) is 5.51. The van der Waals surface area contributed by atoms with Crippen LogP contribution in [-0.4, -0.2) is 68.2 Å². The van der Waals surface area contributed by atoms with Crippen LogP contribution in [0.2, 0.25) is 0 Å². The molecule has 0 bridgehead atoms. The second-order valence-electron chi connectivity index (χ2n) is 10.4. The summed E-state index contributed by atoms with van der Waals surface area (Å²) in [5, 5.41) is 11.5. The van der Waals surface area contributed by atoms with Crippen LogP contribution < -0.4 is 30.1 Å². The van der Waals surface area contributed by atoms with Crippen LogP contribution in [0.15, 0.2) is 62.5 Å². The van der Waals surface area contributed by atoms with Gasteiger partial charge in [-0.25, -0.2) is 0 Å². The molecule has 2 N–H and O–H groups in total. The maximum atomic E-state index is 13.3. The molecule has 0 saturated carbocycles. The van der Waals surface area contributed by atoms with E-state index in [1.165, 1.54) is 13.2 Å². The van der Waals surface area contributed by atoms with Crippen molar-refractivity contribution in [1.29, 1.82) is 0 Å². The largest absolute Gasteiger partial charge is 0.502 e. The summed E-state index contributed by atoms with van der Waals surface area (Å²) in [5.74, 6) is -0.443. The molecule has 6 rings (SSSR count). The van der Waals surface area contributed by atoms with Gasteiger partial charge in [0.2, 0.25) is 18.0 Å². The van der Waals surface area contributed by atoms with Crippen LogP contribution in [0, 0.1) is 0 Å². The second kappa shape index (κ2) is 11.7. The van der Waals surface area contributed by atoms with Gasteiger partial charge < -0.3 is 38.4 Å². The molecule has 12 heteroatoms. The van der Waals surface area contributed by atoms with Crippen molar-refractivity contribution in [3.63, 3.8) is 0 Å². The topological polar surface area (TPSA) is 144 Å². The summed E-state index contributed by atoms with van der Waals surface area (Å²) in [4.78, 5) is 45.9. The lowest BCUT2D eigenvalue weighted by Gasteiger charge is -2.36. The molecule has 4 aromatic rings. The number of hydrogen-bond acceptors (Lipinski definition) is 11. The summed E-state index contributed by atoms with van der Waals surface area (Å²) in [5.41, 5.74) is 0.545. The molecule has 1 fully saturated rings. The number of fused-ring (bicyclic) bond motifs is 2. The maximum absolute atomic E-state index is 13.3. The van der Waals surface area contributed by atoms with Crippen molar-refractivity contribution >= 4 is 22.6 Å². The lowest BCUT2D eigenvalue weighted by Crippen LogP contribution is -2.46. The number of H-pyrrole nitrogens is 1. The quantitative estimate of drug-likeness (QED) is 0.293. The number of hydrogen-bond donors (Lipinski definition) is 2. The Morgan fingerprint density at radius 2 is 1.72 bits per heavy atom. The highest BCUT2D eigenvalue weighted by atomic mass is 16.7. The van der Waals surface area contributed by atoms with E-state index in [0.29, 0.717) is 47.8 Å². The summed E-state index contributed by atoms with van der Waals surface area (Å²) < 4.78 is 27.1. The molecule has 0 spiro atoms. The zero-order chi connectivity index (χ0) is 30.1. The Morgan fingerprint density at radius 1 is 1.00 bits per heavy atom. The molecule has 2 aromatic carbocycles. The first kappa shape index (κ1) is 28.2. The van der Waals surface area contributed by atoms with Crippen molar-refractivity contribution < 1.29 is 33.3 Å². The molecule has 1 saturated heterocycles. The average Bonchev–Trinajstić information content (AvgIpc) is 3.48. The fraction of sp³-hybridized carbons (Fsp3) is 0.323. The number of pyridine rings is 1. The number of benzene rings is 2. The van der Waals surface area contributed by atoms with E-state index in [-0.39, 0.29) is 24.5 Å². The van der Waals surface area contributed by atoms with Crippen LogP contribution >= 0.6 is 0 Å². The third-order valence-electron chi connectivity index (χ3n) is 7.85. The highest BCUT2D eigenvalue weighted by molar-refractivity contribution is 5.84. The zero-order valence-electron chi connectivity index (χ0n) is 23.8. The number of carbonyl (C=O) groups excluding carboxylic acids is 1. The molecule has 12 nitrogen and oxygen atoms in total. The van der Waals surface area contributed by atoms with E-state index >= 15 is 0 Å². The summed E-state index contributed by atoms with van der Waals surface area (Å²) in [7, 11) is 2.86. The molecule has 0 unspecified atom stereocenters. The van der Waals surface area contributed by atoms with Crippen molar-refractivity contribution in [2.24, 2.45) is 0 Å². The number of anilines is 1.